The largest absolute Gasteiger partial charge is 0.409 e. The third kappa shape index (κ3) is 3.61. The number of nitrogens with zero attached hydrogens (tertiary/aromatic N) is 1. The van der Waals surface area contributed by atoms with Crippen molar-refractivity contribution in [3.63, 3.8) is 0 Å². The molecule has 1 amide bonds. The molecule has 110 valence electrons. The number of hydrogen-bond acceptors (Lipinski definition) is 4. The fourth-order valence-electron chi connectivity index (χ4n) is 1.92. The van der Waals surface area contributed by atoms with Crippen LogP contribution in [0.5, 0.6) is 0 Å². The summed E-state index contributed by atoms with van der Waals surface area (Å²) in [5.41, 5.74) is 6.45. The summed E-state index contributed by atoms with van der Waals surface area (Å²) in [5, 5.41) is 14.7. The van der Waals surface area contributed by atoms with Crippen molar-refractivity contribution in [1.29, 1.82) is 0 Å². The Morgan fingerprint density at radius 2 is 2.05 bits per heavy atom. The van der Waals surface area contributed by atoms with Crippen LogP contribution < -0.4 is 11.1 Å². The van der Waals surface area contributed by atoms with Gasteiger partial charge in [-0.25, -0.2) is 0 Å². The van der Waals surface area contributed by atoms with Gasteiger partial charge in [-0.05, 0) is 24.1 Å². The number of amidine groups is 1. The first-order valence-corrected chi connectivity index (χ1v) is 7.39. The SMILES string of the molecule is CCc1ccc(C(=O)NC(C(N)=NO)c2ccccc2)s1. The van der Waals surface area contributed by atoms with Crippen LogP contribution in [0.2, 0.25) is 0 Å². The van der Waals surface area contributed by atoms with Crippen LogP contribution >= 0.6 is 11.3 Å². The van der Waals surface area contributed by atoms with Gasteiger partial charge in [-0.3, -0.25) is 4.79 Å². The van der Waals surface area contributed by atoms with Gasteiger partial charge in [0.05, 0.1) is 4.88 Å². The van der Waals surface area contributed by atoms with Gasteiger partial charge in [-0.15, -0.1) is 11.3 Å². The van der Waals surface area contributed by atoms with Crippen LogP contribution in [0, 0.1) is 0 Å². The van der Waals surface area contributed by atoms with Crippen LogP contribution in [0.4, 0.5) is 0 Å². The van der Waals surface area contributed by atoms with Crippen LogP contribution in [-0.4, -0.2) is 17.0 Å². The number of aryl methyl sites for hydroxylation is 1. The number of nitrogens with two attached hydrogens (primary N) is 1. The van der Waals surface area contributed by atoms with Crippen molar-refractivity contribution in [1.82, 2.24) is 5.32 Å². The third-order valence-corrected chi connectivity index (χ3v) is 4.28. The Labute approximate surface area is 127 Å². The summed E-state index contributed by atoms with van der Waals surface area (Å²) in [6.45, 7) is 2.04. The number of nitrogens with one attached hydrogen (secondary N) is 1. The molecule has 0 radical (unpaired) electrons. The quantitative estimate of drug-likeness (QED) is 0.343. The molecule has 6 heteroatoms. The fraction of sp³-hybridized carbons (Fsp3) is 0.200. The van der Waals surface area contributed by atoms with E-state index >= 15 is 0 Å². The molecule has 1 unspecified atom stereocenters. The zero-order valence-electron chi connectivity index (χ0n) is 11.6. The van der Waals surface area contributed by atoms with Gasteiger partial charge < -0.3 is 16.3 Å². The predicted octanol–water partition coefficient (Wildman–Crippen LogP) is 2.53. The van der Waals surface area contributed by atoms with Crippen molar-refractivity contribution < 1.29 is 10.0 Å². The summed E-state index contributed by atoms with van der Waals surface area (Å²) in [6, 6.07) is 12.2. The highest BCUT2D eigenvalue weighted by molar-refractivity contribution is 7.14. The second-order valence-corrected chi connectivity index (χ2v) is 5.63. The number of amides is 1. The molecule has 0 spiro atoms. The minimum Gasteiger partial charge on any atom is -0.409 e. The summed E-state index contributed by atoms with van der Waals surface area (Å²) in [7, 11) is 0. The zero-order chi connectivity index (χ0) is 15.2. The second kappa shape index (κ2) is 6.90. The molecule has 5 nitrogen and oxygen atoms in total. The molecule has 0 aliphatic carbocycles. The van der Waals surface area contributed by atoms with Gasteiger partial charge in [0, 0.05) is 4.88 Å². The van der Waals surface area contributed by atoms with E-state index in [1.807, 2.05) is 43.3 Å². The van der Waals surface area contributed by atoms with E-state index in [9.17, 15) is 4.79 Å². The molecule has 1 aromatic heterocycles. The van der Waals surface area contributed by atoms with E-state index in [1.54, 1.807) is 6.07 Å². The van der Waals surface area contributed by atoms with E-state index in [0.717, 1.165) is 16.9 Å². The Bertz CT molecular complexity index is 637. The van der Waals surface area contributed by atoms with Crippen molar-refractivity contribution in [2.45, 2.75) is 19.4 Å². The normalized spacial score (nSPS) is 12.9. The molecule has 1 aromatic carbocycles. The number of oxime groups is 1. The lowest BCUT2D eigenvalue weighted by molar-refractivity contribution is 0.0950. The molecule has 1 atom stereocenters. The molecule has 2 rings (SSSR count). The number of benzene rings is 1. The van der Waals surface area contributed by atoms with E-state index in [1.165, 1.54) is 11.3 Å². The first-order chi connectivity index (χ1) is 10.2. The summed E-state index contributed by atoms with van der Waals surface area (Å²) in [4.78, 5) is 14.0. The minimum absolute atomic E-state index is 0.0539. The second-order valence-electron chi connectivity index (χ2n) is 4.46. The molecule has 0 saturated heterocycles. The maximum Gasteiger partial charge on any atom is 0.262 e. The van der Waals surface area contributed by atoms with Crippen molar-refractivity contribution in [3.05, 3.63) is 57.8 Å². The van der Waals surface area contributed by atoms with Gasteiger partial charge >= 0.3 is 0 Å². The average molecular weight is 303 g/mol. The lowest BCUT2D eigenvalue weighted by atomic mass is 10.1. The highest BCUT2D eigenvalue weighted by Crippen LogP contribution is 2.19. The maximum atomic E-state index is 12.3. The van der Waals surface area contributed by atoms with Crippen molar-refractivity contribution >= 4 is 23.1 Å². The summed E-state index contributed by atoms with van der Waals surface area (Å²) >= 11 is 1.44. The van der Waals surface area contributed by atoms with Crippen LogP contribution in [0.3, 0.4) is 0 Å². The summed E-state index contributed by atoms with van der Waals surface area (Å²) < 4.78 is 0. The highest BCUT2D eigenvalue weighted by Gasteiger charge is 2.20. The van der Waals surface area contributed by atoms with Gasteiger partial charge in [0.15, 0.2) is 5.84 Å². The lowest BCUT2D eigenvalue weighted by Crippen LogP contribution is -2.37. The molecule has 1 heterocycles. The zero-order valence-corrected chi connectivity index (χ0v) is 12.4. The van der Waals surface area contributed by atoms with Crippen LogP contribution in [0.1, 0.15) is 33.1 Å². The molecular weight excluding hydrogens is 286 g/mol. The topological polar surface area (TPSA) is 87.7 Å². The van der Waals surface area contributed by atoms with Crippen LogP contribution in [0.25, 0.3) is 0 Å². The maximum absolute atomic E-state index is 12.3. The van der Waals surface area contributed by atoms with Crippen LogP contribution in [0.15, 0.2) is 47.6 Å². The fourth-order valence-corrected chi connectivity index (χ4v) is 2.77. The third-order valence-electron chi connectivity index (χ3n) is 3.05. The molecule has 0 saturated carbocycles. The molecule has 0 fully saturated rings. The smallest absolute Gasteiger partial charge is 0.262 e. The van der Waals surface area contributed by atoms with Crippen LogP contribution in [-0.2, 0) is 6.42 Å². The van der Waals surface area contributed by atoms with Gasteiger partial charge in [0.1, 0.15) is 6.04 Å². The van der Waals surface area contributed by atoms with E-state index in [4.69, 9.17) is 10.9 Å². The Hall–Kier alpha value is -2.34. The van der Waals surface area contributed by atoms with Gasteiger partial charge in [0.2, 0.25) is 0 Å². The van der Waals surface area contributed by atoms with E-state index in [-0.39, 0.29) is 11.7 Å². The van der Waals surface area contributed by atoms with Crippen molar-refractivity contribution in [2.24, 2.45) is 10.9 Å². The molecule has 21 heavy (non-hydrogen) atoms. The molecule has 2 aromatic rings. The number of carbonyl (C=O) groups is 1. The Balaban J connectivity index is 2.21. The standard InChI is InChI=1S/C15H17N3O2S/c1-2-11-8-9-12(21-11)15(19)17-13(14(16)18-20)10-6-4-3-5-7-10/h3-9,13,20H,2H2,1H3,(H2,16,18)(H,17,19). The first-order valence-electron chi connectivity index (χ1n) is 6.57. The molecule has 0 bridgehead atoms. The summed E-state index contributed by atoms with van der Waals surface area (Å²) in [5.74, 6) is -0.290. The average Bonchev–Trinajstić information content (AvgIpc) is 3.01. The molecule has 4 N–H and O–H groups in total. The summed E-state index contributed by atoms with van der Waals surface area (Å²) in [6.07, 6.45) is 0.889. The highest BCUT2D eigenvalue weighted by atomic mass is 32.1. The number of rotatable bonds is 5. The van der Waals surface area contributed by atoms with Crippen molar-refractivity contribution in [3.8, 4) is 0 Å². The van der Waals surface area contributed by atoms with E-state index in [0.29, 0.717) is 4.88 Å². The van der Waals surface area contributed by atoms with Gasteiger partial charge in [-0.1, -0.05) is 42.4 Å². The van der Waals surface area contributed by atoms with E-state index in [2.05, 4.69) is 10.5 Å². The van der Waals surface area contributed by atoms with Gasteiger partial charge in [0.25, 0.3) is 5.91 Å². The number of hydrogen-bond donors (Lipinski definition) is 3. The monoisotopic (exact) mass is 303 g/mol. The first kappa shape index (κ1) is 15.1. The van der Waals surface area contributed by atoms with Gasteiger partial charge in [-0.2, -0.15) is 0 Å². The Morgan fingerprint density at radius 1 is 1.33 bits per heavy atom. The van der Waals surface area contributed by atoms with Crippen molar-refractivity contribution in [2.75, 3.05) is 0 Å². The minimum atomic E-state index is -0.657. The predicted molar refractivity (Wildman–Crippen MR) is 83.8 cm³/mol. The number of carbonyl (C=O) groups excluding carboxylic acids is 1. The molecule has 0 aliphatic heterocycles. The number of thiophene rings is 1. The molecular formula is C15H17N3O2S. The Morgan fingerprint density at radius 3 is 2.62 bits per heavy atom. The Kier molecular flexibility index (Phi) is 4.94. The van der Waals surface area contributed by atoms with E-state index < -0.39 is 6.04 Å². The molecule has 0 aliphatic rings. The lowest BCUT2D eigenvalue weighted by Gasteiger charge is -2.17.